The van der Waals surface area contributed by atoms with Crippen molar-refractivity contribution >= 4 is 22.8 Å². The zero-order chi connectivity index (χ0) is 17.4. The number of hydrogen-bond acceptors (Lipinski definition) is 3. The summed E-state index contributed by atoms with van der Waals surface area (Å²) in [5.41, 5.74) is 1.13. The number of carbonyl (C=O) groups excluding carboxylic acids is 2. The van der Waals surface area contributed by atoms with E-state index in [0.29, 0.717) is 30.0 Å². The summed E-state index contributed by atoms with van der Waals surface area (Å²) < 4.78 is 14.3. The van der Waals surface area contributed by atoms with Crippen molar-refractivity contribution in [3.05, 3.63) is 29.8 Å². The third-order valence-electron chi connectivity index (χ3n) is 5.08. The molecule has 0 bridgehead atoms. The Balaban J connectivity index is 1.46. The lowest BCUT2D eigenvalue weighted by Gasteiger charge is -2.32. The van der Waals surface area contributed by atoms with Crippen molar-refractivity contribution in [2.24, 2.45) is 11.8 Å². The van der Waals surface area contributed by atoms with Crippen molar-refractivity contribution in [3.63, 3.8) is 0 Å². The first-order valence-corrected chi connectivity index (χ1v) is 8.81. The first-order chi connectivity index (χ1) is 12.1. The van der Waals surface area contributed by atoms with Crippen LogP contribution in [0.2, 0.25) is 0 Å². The van der Waals surface area contributed by atoms with Crippen molar-refractivity contribution in [1.82, 2.24) is 20.2 Å². The number of nitrogens with one attached hydrogen (secondary N) is 2. The maximum atomic E-state index is 14.3. The van der Waals surface area contributed by atoms with Gasteiger partial charge in [0.05, 0.1) is 28.8 Å². The number of halogens is 1. The van der Waals surface area contributed by atoms with Crippen LogP contribution in [0.3, 0.4) is 0 Å². The van der Waals surface area contributed by atoms with E-state index in [4.69, 9.17) is 0 Å². The Morgan fingerprint density at radius 3 is 2.96 bits per heavy atom. The van der Waals surface area contributed by atoms with E-state index in [2.05, 4.69) is 15.3 Å². The summed E-state index contributed by atoms with van der Waals surface area (Å²) in [7, 11) is 0. The fourth-order valence-corrected chi connectivity index (χ4v) is 3.38. The number of amides is 2. The van der Waals surface area contributed by atoms with Gasteiger partial charge < -0.3 is 15.2 Å². The third kappa shape index (κ3) is 3.36. The Kier molecular flexibility index (Phi) is 4.15. The molecule has 2 aromatic rings. The van der Waals surface area contributed by atoms with Crippen LogP contribution in [0.1, 0.15) is 36.0 Å². The molecule has 1 aromatic carbocycles. The number of rotatable bonds is 4. The van der Waals surface area contributed by atoms with Gasteiger partial charge in [0.15, 0.2) is 0 Å². The normalized spacial score (nSPS) is 20.7. The second-order valence-electron chi connectivity index (χ2n) is 7.03. The molecule has 2 aliphatic rings. The number of hydrogen-bond donors (Lipinski definition) is 2. The zero-order valence-electron chi connectivity index (χ0n) is 13.9. The molecule has 0 radical (unpaired) electrons. The van der Waals surface area contributed by atoms with Gasteiger partial charge in [-0.15, -0.1) is 0 Å². The molecule has 2 N–H and O–H groups in total. The van der Waals surface area contributed by atoms with E-state index in [-0.39, 0.29) is 23.3 Å². The zero-order valence-corrected chi connectivity index (χ0v) is 13.9. The van der Waals surface area contributed by atoms with E-state index < -0.39 is 5.82 Å². The molecule has 1 saturated heterocycles. The van der Waals surface area contributed by atoms with Gasteiger partial charge in [-0.3, -0.25) is 9.59 Å². The van der Waals surface area contributed by atoms with Gasteiger partial charge in [0.25, 0.3) is 5.91 Å². The van der Waals surface area contributed by atoms with Crippen LogP contribution < -0.4 is 5.32 Å². The van der Waals surface area contributed by atoms with Crippen molar-refractivity contribution in [1.29, 1.82) is 0 Å². The standard InChI is InChI=1S/C18H21FN4O2/c19-14-7-16-15(21-10-22-16)6-13(14)18(25)23-5-1-2-12(9-23)17(24)20-8-11-3-4-11/h6-7,10-12H,1-5,8-9H2,(H,20,24)(H,21,22). The van der Waals surface area contributed by atoms with Crippen LogP contribution in [0.15, 0.2) is 18.5 Å². The molecule has 1 aromatic heterocycles. The van der Waals surface area contributed by atoms with Crippen molar-refractivity contribution < 1.29 is 14.0 Å². The lowest BCUT2D eigenvalue weighted by atomic mass is 9.96. The Bertz CT molecular complexity index is 815. The maximum Gasteiger partial charge on any atom is 0.256 e. The van der Waals surface area contributed by atoms with Gasteiger partial charge in [-0.05, 0) is 37.7 Å². The Labute approximate surface area is 144 Å². The first-order valence-electron chi connectivity index (χ1n) is 8.81. The van der Waals surface area contributed by atoms with Crippen LogP contribution in [0, 0.1) is 17.7 Å². The van der Waals surface area contributed by atoms with Gasteiger partial charge >= 0.3 is 0 Å². The van der Waals surface area contributed by atoms with E-state index in [1.54, 1.807) is 4.90 Å². The number of aromatic nitrogens is 2. The molecule has 0 spiro atoms. The third-order valence-corrected chi connectivity index (χ3v) is 5.08. The highest BCUT2D eigenvalue weighted by Gasteiger charge is 2.31. The summed E-state index contributed by atoms with van der Waals surface area (Å²) in [4.78, 5) is 33.5. The van der Waals surface area contributed by atoms with E-state index in [0.717, 1.165) is 19.4 Å². The predicted molar refractivity (Wildman–Crippen MR) is 90.4 cm³/mol. The summed E-state index contributed by atoms with van der Waals surface area (Å²) in [5.74, 6) is -0.523. The van der Waals surface area contributed by atoms with Gasteiger partial charge in [0, 0.05) is 25.7 Å². The Morgan fingerprint density at radius 1 is 1.32 bits per heavy atom. The lowest BCUT2D eigenvalue weighted by Crippen LogP contribution is -2.46. The summed E-state index contributed by atoms with van der Waals surface area (Å²) >= 11 is 0. The highest BCUT2D eigenvalue weighted by atomic mass is 19.1. The Morgan fingerprint density at radius 2 is 2.16 bits per heavy atom. The van der Waals surface area contributed by atoms with Gasteiger partial charge in [-0.1, -0.05) is 0 Å². The summed E-state index contributed by atoms with van der Waals surface area (Å²) in [6.07, 6.45) is 5.36. The fourth-order valence-electron chi connectivity index (χ4n) is 3.38. The smallest absolute Gasteiger partial charge is 0.256 e. The van der Waals surface area contributed by atoms with E-state index in [1.807, 2.05) is 0 Å². The molecular weight excluding hydrogens is 323 g/mol. The number of imidazole rings is 1. The van der Waals surface area contributed by atoms with Gasteiger partial charge in [0.1, 0.15) is 5.82 Å². The van der Waals surface area contributed by atoms with Crippen LogP contribution in [0.5, 0.6) is 0 Å². The van der Waals surface area contributed by atoms with E-state index in [1.165, 1.54) is 31.3 Å². The van der Waals surface area contributed by atoms with Gasteiger partial charge in [-0.25, -0.2) is 9.37 Å². The summed E-state index contributed by atoms with van der Waals surface area (Å²) in [6, 6.07) is 2.76. The van der Waals surface area contributed by atoms with Crippen LogP contribution in [-0.2, 0) is 4.79 Å². The minimum atomic E-state index is -0.568. The predicted octanol–water partition coefficient (Wildman–Crippen LogP) is 2.08. The molecule has 6 nitrogen and oxygen atoms in total. The highest BCUT2D eigenvalue weighted by Crippen LogP contribution is 2.28. The van der Waals surface area contributed by atoms with Crippen LogP contribution in [0.4, 0.5) is 4.39 Å². The lowest BCUT2D eigenvalue weighted by molar-refractivity contribution is -0.126. The molecule has 1 unspecified atom stereocenters. The topological polar surface area (TPSA) is 78.1 Å². The van der Waals surface area contributed by atoms with Crippen molar-refractivity contribution in [2.75, 3.05) is 19.6 Å². The molecule has 2 fully saturated rings. The first kappa shape index (κ1) is 16.1. The SMILES string of the molecule is O=C(NCC1CC1)C1CCCN(C(=O)c2cc3nc[nH]c3cc2F)C1. The minimum Gasteiger partial charge on any atom is -0.356 e. The molecule has 2 heterocycles. The number of aromatic amines is 1. The van der Waals surface area contributed by atoms with Gasteiger partial charge in [0.2, 0.25) is 5.91 Å². The molecule has 1 saturated carbocycles. The fraction of sp³-hybridized carbons (Fsp3) is 0.500. The second kappa shape index (κ2) is 6.46. The van der Waals surface area contributed by atoms with Crippen LogP contribution >= 0.6 is 0 Å². The summed E-state index contributed by atoms with van der Waals surface area (Å²) in [5, 5.41) is 2.98. The number of likely N-dealkylation sites (tertiary alicyclic amines) is 1. The Hall–Kier alpha value is -2.44. The van der Waals surface area contributed by atoms with E-state index in [9.17, 15) is 14.0 Å². The van der Waals surface area contributed by atoms with E-state index >= 15 is 0 Å². The molecule has 1 aliphatic carbocycles. The monoisotopic (exact) mass is 344 g/mol. The largest absolute Gasteiger partial charge is 0.356 e. The number of benzene rings is 1. The number of piperidine rings is 1. The maximum absolute atomic E-state index is 14.3. The van der Waals surface area contributed by atoms with Crippen molar-refractivity contribution in [3.8, 4) is 0 Å². The molecule has 7 heteroatoms. The van der Waals surface area contributed by atoms with Gasteiger partial charge in [-0.2, -0.15) is 0 Å². The number of carbonyl (C=O) groups is 2. The van der Waals surface area contributed by atoms with Crippen molar-refractivity contribution in [2.45, 2.75) is 25.7 Å². The molecule has 2 amide bonds. The number of fused-ring (bicyclic) bond motifs is 1. The molecule has 4 rings (SSSR count). The quantitative estimate of drug-likeness (QED) is 0.891. The van der Waals surface area contributed by atoms with Crippen LogP contribution in [-0.4, -0.2) is 46.3 Å². The highest BCUT2D eigenvalue weighted by molar-refractivity contribution is 5.98. The minimum absolute atomic E-state index is 0.00706. The molecular formula is C18H21FN4O2. The second-order valence-corrected chi connectivity index (χ2v) is 7.03. The average molecular weight is 344 g/mol. The molecule has 132 valence electrons. The molecule has 25 heavy (non-hydrogen) atoms. The molecule has 1 atom stereocenters. The summed E-state index contributed by atoms with van der Waals surface area (Å²) in [6.45, 7) is 1.62. The van der Waals surface area contributed by atoms with Crippen LogP contribution in [0.25, 0.3) is 11.0 Å². The molecule has 1 aliphatic heterocycles. The number of H-pyrrole nitrogens is 1. The number of nitrogens with zero attached hydrogens (tertiary/aromatic N) is 2. The average Bonchev–Trinajstić information content (AvgIpc) is 3.35.